The van der Waals surface area contributed by atoms with Gasteiger partial charge in [-0.25, -0.2) is 0 Å². The van der Waals surface area contributed by atoms with Crippen LogP contribution >= 0.6 is 0 Å². The molecule has 1 saturated heterocycles. The summed E-state index contributed by atoms with van der Waals surface area (Å²) < 4.78 is 0. The normalized spacial score (nSPS) is 15.5. The second-order valence-corrected chi connectivity index (χ2v) is 5.47. The predicted molar refractivity (Wildman–Crippen MR) is 89.2 cm³/mol. The molecule has 1 N–H and O–H groups in total. The quantitative estimate of drug-likeness (QED) is 0.453. The van der Waals surface area contributed by atoms with Gasteiger partial charge in [0.25, 0.3) is 5.69 Å². The highest BCUT2D eigenvalue weighted by molar-refractivity contribution is 5.53. The maximum absolute atomic E-state index is 10.8. The molecule has 0 bridgehead atoms. The molecular weight excluding hydrogens is 280 g/mol. The first-order valence-electron chi connectivity index (χ1n) is 7.77. The van der Waals surface area contributed by atoms with Gasteiger partial charge in [-0.3, -0.25) is 15.0 Å². The molecule has 6 nitrogen and oxygen atoms in total. The summed E-state index contributed by atoms with van der Waals surface area (Å²) >= 11 is 0. The number of unbranched alkanes of at least 4 members (excludes halogenated alkanes) is 1. The molecule has 0 aromatic heterocycles. The van der Waals surface area contributed by atoms with E-state index in [2.05, 4.69) is 21.7 Å². The fourth-order valence-corrected chi connectivity index (χ4v) is 2.70. The van der Waals surface area contributed by atoms with Gasteiger partial charge in [0.1, 0.15) is 0 Å². The van der Waals surface area contributed by atoms with E-state index in [1.165, 1.54) is 12.5 Å². The first-order chi connectivity index (χ1) is 10.7. The molecule has 6 heteroatoms. The van der Waals surface area contributed by atoms with Gasteiger partial charge in [-0.2, -0.15) is 0 Å². The maximum Gasteiger partial charge on any atom is 0.271 e. The third-order valence-electron chi connectivity index (χ3n) is 3.97. The lowest BCUT2D eigenvalue weighted by Gasteiger charge is -2.36. The Labute approximate surface area is 131 Å². The largest absolute Gasteiger partial charge is 0.391 e. The highest BCUT2D eigenvalue weighted by Crippen LogP contribution is 2.22. The fraction of sp³-hybridized carbons (Fsp3) is 0.500. The van der Waals surface area contributed by atoms with E-state index in [0.29, 0.717) is 0 Å². The second-order valence-electron chi connectivity index (χ2n) is 5.47. The first kappa shape index (κ1) is 16.3. The van der Waals surface area contributed by atoms with Crippen molar-refractivity contribution >= 4 is 11.4 Å². The molecule has 0 aliphatic carbocycles. The van der Waals surface area contributed by atoms with Crippen molar-refractivity contribution in [3.8, 4) is 0 Å². The van der Waals surface area contributed by atoms with Crippen LogP contribution in [0, 0.1) is 10.1 Å². The lowest BCUT2D eigenvalue weighted by Crippen LogP contribution is -2.46. The van der Waals surface area contributed by atoms with Gasteiger partial charge in [-0.1, -0.05) is 12.6 Å². The van der Waals surface area contributed by atoms with Gasteiger partial charge in [-0.05, 0) is 31.7 Å². The van der Waals surface area contributed by atoms with Crippen LogP contribution in [0.25, 0.3) is 0 Å². The van der Waals surface area contributed by atoms with Gasteiger partial charge < -0.3 is 10.2 Å². The molecule has 1 aromatic rings. The number of non-ortho nitro benzene ring substituents is 1. The zero-order valence-corrected chi connectivity index (χ0v) is 12.9. The molecule has 1 fully saturated rings. The van der Waals surface area contributed by atoms with E-state index < -0.39 is 0 Å². The predicted octanol–water partition coefficient (Wildman–Crippen LogP) is 2.23. The average molecular weight is 304 g/mol. The van der Waals surface area contributed by atoms with E-state index in [4.69, 9.17) is 0 Å². The number of rotatable bonds is 8. The van der Waals surface area contributed by atoms with E-state index in [0.717, 1.165) is 51.4 Å². The summed E-state index contributed by atoms with van der Waals surface area (Å²) in [5, 5.41) is 14.0. The summed E-state index contributed by atoms with van der Waals surface area (Å²) in [6.45, 7) is 9.60. The highest BCUT2D eigenvalue weighted by Gasteiger charge is 2.18. The summed E-state index contributed by atoms with van der Waals surface area (Å²) in [6, 6.07) is 6.91. The second kappa shape index (κ2) is 8.38. The summed E-state index contributed by atoms with van der Waals surface area (Å²) in [6.07, 6.45) is 4.06. The fourth-order valence-electron chi connectivity index (χ4n) is 2.70. The summed E-state index contributed by atoms with van der Waals surface area (Å²) in [4.78, 5) is 15.2. The topological polar surface area (TPSA) is 61.6 Å². The van der Waals surface area contributed by atoms with E-state index in [1.807, 2.05) is 6.07 Å². The van der Waals surface area contributed by atoms with Crippen LogP contribution in [0.2, 0.25) is 0 Å². The Morgan fingerprint density at radius 1 is 1.27 bits per heavy atom. The highest BCUT2D eigenvalue weighted by atomic mass is 16.6. The molecule has 0 unspecified atom stereocenters. The Kier molecular flexibility index (Phi) is 6.21. The lowest BCUT2D eigenvalue weighted by molar-refractivity contribution is -0.384. The first-order valence-corrected chi connectivity index (χ1v) is 7.77. The maximum atomic E-state index is 10.8. The number of hydrogen-bond acceptors (Lipinski definition) is 5. The third-order valence-corrected chi connectivity index (χ3v) is 3.97. The number of piperazine rings is 1. The van der Waals surface area contributed by atoms with Crippen LogP contribution in [0.1, 0.15) is 12.8 Å². The van der Waals surface area contributed by atoms with Crippen molar-refractivity contribution in [3.63, 3.8) is 0 Å². The van der Waals surface area contributed by atoms with Crippen LogP contribution in [-0.4, -0.2) is 49.1 Å². The SMILES string of the molecule is C=CNCCCCN1CCN(c2cccc([N+](=O)[O-])c2)CC1. The van der Waals surface area contributed by atoms with Crippen LogP contribution < -0.4 is 10.2 Å². The molecule has 1 aromatic carbocycles. The third kappa shape index (κ3) is 4.73. The molecule has 1 aliphatic heterocycles. The van der Waals surface area contributed by atoms with Crippen LogP contribution in [0.4, 0.5) is 11.4 Å². The minimum atomic E-state index is -0.336. The minimum Gasteiger partial charge on any atom is -0.391 e. The van der Waals surface area contributed by atoms with Gasteiger partial charge in [0, 0.05) is 50.5 Å². The van der Waals surface area contributed by atoms with Crippen molar-refractivity contribution in [2.24, 2.45) is 0 Å². The monoisotopic (exact) mass is 304 g/mol. The van der Waals surface area contributed by atoms with Gasteiger partial charge >= 0.3 is 0 Å². The molecule has 120 valence electrons. The minimum absolute atomic E-state index is 0.162. The van der Waals surface area contributed by atoms with Crippen molar-refractivity contribution in [2.75, 3.05) is 44.2 Å². The van der Waals surface area contributed by atoms with Crippen molar-refractivity contribution in [2.45, 2.75) is 12.8 Å². The molecule has 1 aliphatic rings. The molecule has 0 amide bonds. The molecule has 2 rings (SSSR count). The zero-order valence-electron chi connectivity index (χ0n) is 12.9. The van der Waals surface area contributed by atoms with Crippen LogP contribution in [0.5, 0.6) is 0 Å². The number of nitrogens with one attached hydrogen (secondary N) is 1. The van der Waals surface area contributed by atoms with Crippen LogP contribution in [0.3, 0.4) is 0 Å². The Morgan fingerprint density at radius 2 is 2.05 bits per heavy atom. The lowest BCUT2D eigenvalue weighted by atomic mass is 10.2. The Bertz CT molecular complexity index is 499. The van der Waals surface area contributed by atoms with Crippen LogP contribution in [-0.2, 0) is 0 Å². The molecular formula is C16H24N4O2. The number of nitro benzene ring substituents is 1. The molecule has 1 heterocycles. The van der Waals surface area contributed by atoms with E-state index in [-0.39, 0.29) is 10.6 Å². The summed E-state index contributed by atoms with van der Waals surface area (Å²) in [5.41, 5.74) is 1.11. The van der Waals surface area contributed by atoms with Crippen molar-refractivity contribution in [1.82, 2.24) is 10.2 Å². The number of nitrogens with zero attached hydrogens (tertiary/aromatic N) is 3. The molecule has 0 saturated carbocycles. The standard InChI is InChI=1S/C16H24N4O2/c1-2-17-8-3-4-9-18-10-12-19(13-11-18)15-6-5-7-16(14-15)20(21)22/h2,5-7,14,17H,1,3-4,8-13H2. The molecule has 0 spiro atoms. The van der Waals surface area contributed by atoms with Gasteiger partial charge in [0.15, 0.2) is 0 Å². The number of benzene rings is 1. The number of nitro groups is 1. The van der Waals surface area contributed by atoms with Crippen LogP contribution in [0.15, 0.2) is 37.0 Å². The van der Waals surface area contributed by atoms with E-state index in [1.54, 1.807) is 18.3 Å². The Morgan fingerprint density at radius 3 is 2.73 bits per heavy atom. The van der Waals surface area contributed by atoms with E-state index in [9.17, 15) is 10.1 Å². The number of hydrogen-bond donors (Lipinski definition) is 1. The summed E-state index contributed by atoms with van der Waals surface area (Å²) in [7, 11) is 0. The van der Waals surface area contributed by atoms with Crippen molar-refractivity contribution in [3.05, 3.63) is 47.2 Å². The van der Waals surface area contributed by atoms with Gasteiger partial charge in [0.2, 0.25) is 0 Å². The van der Waals surface area contributed by atoms with Gasteiger partial charge in [-0.15, -0.1) is 0 Å². The molecule has 0 atom stereocenters. The van der Waals surface area contributed by atoms with E-state index >= 15 is 0 Å². The summed E-state index contributed by atoms with van der Waals surface area (Å²) in [5.74, 6) is 0. The average Bonchev–Trinajstić information content (AvgIpc) is 2.55. The molecule has 22 heavy (non-hydrogen) atoms. The Balaban J connectivity index is 1.76. The Hall–Kier alpha value is -2.08. The number of anilines is 1. The van der Waals surface area contributed by atoms with Crippen molar-refractivity contribution in [1.29, 1.82) is 0 Å². The van der Waals surface area contributed by atoms with Gasteiger partial charge in [0.05, 0.1) is 4.92 Å². The smallest absolute Gasteiger partial charge is 0.271 e. The van der Waals surface area contributed by atoms with Crippen molar-refractivity contribution < 1.29 is 4.92 Å². The molecule has 0 radical (unpaired) electrons. The zero-order chi connectivity index (χ0) is 15.8.